The van der Waals surface area contributed by atoms with Gasteiger partial charge in [0.15, 0.2) is 0 Å². The highest BCUT2D eigenvalue weighted by molar-refractivity contribution is 7.89. The Morgan fingerprint density at radius 3 is 2.17 bits per heavy atom. The molecule has 0 spiro atoms. The molecule has 2 aromatic rings. The lowest BCUT2D eigenvalue weighted by Crippen LogP contribution is -2.28. The van der Waals surface area contributed by atoms with E-state index in [1.165, 1.54) is 31.8 Å². The number of likely N-dealkylation sites (N-methyl/N-ethyl adjacent to an activating group) is 1. The van der Waals surface area contributed by atoms with Crippen molar-refractivity contribution in [2.75, 3.05) is 46.2 Å². The maximum atomic E-state index is 12.1. The Bertz CT molecular complexity index is 895. The standard InChI is InChI=1S/C21H29N3O4S/c1-17-5-9-19(10-6-17)28-16-15-24(4)14-13-21(25)22-18-7-11-20(12-8-18)29(26,27)23(2)3/h5-12H,13-16H2,1-4H3,(H,22,25). The number of anilines is 1. The second-order valence-corrected chi connectivity index (χ2v) is 9.23. The summed E-state index contributed by atoms with van der Waals surface area (Å²) in [4.78, 5) is 14.4. The van der Waals surface area contributed by atoms with Crippen molar-refractivity contribution in [3.63, 3.8) is 0 Å². The molecule has 1 amide bonds. The van der Waals surface area contributed by atoms with Gasteiger partial charge < -0.3 is 15.0 Å². The summed E-state index contributed by atoms with van der Waals surface area (Å²) >= 11 is 0. The summed E-state index contributed by atoms with van der Waals surface area (Å²) in [6.07, 6.45) is 0.332. The first kappa shape index (κ1) is 22.9. The zero-order valence-corrected chi connectivity index (χ0v) is 18.2. The van der Waals surface area contributed by atoms with Crippen LogP contribution in [0.3, 0.4) is 0 Å². The molecule has 7 nitrogen and oxygen atoms in total. The first-order valence-corrected chi connectivity index (χ1v) is 10.8. The second kappa shape index (κ2) is 10.4. The average molecular weight is 420 g/mol. The fourth-order valence-corrected chi connectivity index (χ4v) is 3.40. The number of aryl methyl sites for hydroxylation is 1. The van der Waals surface area contributed by atoms with E-state index in [1.54, 1.807) is 12.1 Å². The van der Waals surface area contributed by atoms with Crippen molar-refractivity contribution < 1.29 is 17.9 Å². The molecule has 2 rings (SSSR count). The van der Waals surface area contributed by atoms with Crippen LogP contribution >= 0.6 is 0 Å². The molecule has 0 heterocycles. The van der Waals surface area contributed by atoms with Gasteiger partial charge in [0.2, 0.25) is 15.9 Å². The van der Waals surface area contributed by atoms with E-state index < -0.39 is 10.0 Å². The van der Waals surface area contributed by atoms with Gasteiger partial charge >= 0.3 is 0 Å². The number of sulfonamides is 1. The first-order chi connectivity index (χ1) is 13.7. The highest BCUT2D eigenvalue weighted by Crippen LogP contribution is 2.16. The lowest BCUT2D eigenvalue weighted by molar-refractivity contribution is -0.116. The Hall–Kier alpha value is -2.42. The van der Waals surface area contributed by atoms with E-state index in [0.29, 0.717) is 31.8 Å². The van der Waals surface area contributed by atoms with Crippen LogP contribution in [0.1, 0.15) is 12.0 Å². The second-order valence-electron chi connectivity index (χ2n) is 7.07. The third-order valence-electron chi connectivity index (χ3n) is 4.40. The van der Waals surface area contributed by atoms with Crippen LogP contribution in [0.4, 0.5) is 5.69 Å². The lowest BCUT2D eigenvalue weighted by atomic mass is 10.2. The molecule has 0 saturated heterocycles. The highest BCUT2D eigenvalue weighted by Gasteiger charge is 2.16. The highest BCUT2D eigenvalue weighted by atomic mass is 32.2. The van der Waals surface area contributed by atoms with E-state index in [0.717, 1.165) is 10.1 Å². The molecule has 2 aromatic carbocycles. The smallest absolute Gasteiger partial charge is 0.242 e. The van der Waals surface area contributed by atoms with Crippen LogP contribution in [0.5, 0.6) is 5.75 Å². The lowest BCUT2D eigenvalue weighted by Gasteiger charge is -2.17. The Balaban J connectivity index is 1.72. The van der Waals surface area contributed by atoms with Crippen molar-refractivity contribution in [1.29, 1.82) is 0 Å². The summed E-state index contributed by atoms with van der Waals surface area (Å²) in [5, 5.41) is 2.79. The number of nitrogens with one attached hydrogen (secondary N) is 1. The van der Waals surface area contributed by atoms with E-state index in [-0.39, 0.29) is 10.8 Å². The fourth-order valence-electron chi connectivity index (χ4n) is 2.50. The van der Waals surface area contributed by atoms with E-state index in [2.05, 4.69) is 5.32 Å². The van der Waals surface area contributed by atoms with Gasteiger partial charge in [0.1, 0.15) is 12.4 Å². The van der Waals surface area contributed by atoms with E-state index >= 15 is 0 Å². The summed E-state index contributed by atoms with van der Waals surface area (Å²) in [6, 6.07) is 14.0. The number of carbonyl (C=O) groups excluding carboxylic acids is 1. The Labute approximate surface area is 173 Å². The van der Waals surface area contributed by atoms with E-state index in [1.807, 2.05) is 43.1 Å². The molecule has 0 unspecified atom stereocenters. The number of carbonyl (C=O) groups is 1. The van der Waals surface area contributed by atoms with Crippen LogP contribution in [0.25, 0.3) is 0 Å². The van der Waals surface area contributed by atoms with Crippen LogP contribution in [0.2, 0.25) is 0 Å². The zero-order valence-electron chi connectivity index (χ0n) is 17.4. The Kier molecular flexibility index (Phi) is 8.19. The molecule has 0 aliphatic heterocycles. The van der Waals surface area contributed by atoms with Gasteiger partial charge in [-0.1, -0.05) is 17.7 Å². The van der Waals surface area contributed by atoms with Gasteiger partial charge in [-0.05, 0) is 50.4 Å². The van der Waals surface area contributed by atoms with Crippen LogP contribution < -0.4 is 10.1 Å². The van der Waals surface area contributed by atoms with Crippen LogP contribution in [-0.2, 0) is 14.8 Å². The number of benzene rings is 2. The van der Waals surface area contributed by atoms with Crippen molar-refractivity contribution in [2.24, 2.45) is 0 Å². The van der Waals surface area contributed by atoms with Gasteiger partial charge in [-0.2, -0.15) is 0 Å². The maximum absolute atomic E-state index is 12.1. The van der Waals surface area contributed by atoms with Gasteiger partial charge in [-0.25, -0.2) is 12.7 Å². The predicted octanol–water partition coefficient (Wildman–Crippen LogP) is 2.58. The number of ether oxygens (including phenoxy) is 1. The van der Waals surface area contributed by atoms with Crippen molar-refractivity contribution in [2.45, 2.75) is 18.2 Å². The van der Waals surface area contributed by atoms with Crippen LogP contribution in [0, 0.1) is 6.92 Å². The zero-order chi connectivity index (χ0) is 21.4. The number of nitrogens with zero attached hydrogens (tertiary/aromatic N) is 2. The molecule has 0 atom stereocenters. The van der Waals surface area contributed by atoms with Crippen LogP contribution in [0.15, 0.2) is 53.4 Å². The van der Waals surface area contributed by atoms with E-state index in [9.17, 15) is 13.2 Å². The van der Waals surface area contributed by atoms with Crippen LogP contribution in [-0.4, -0.2) is 64.4 Å². The number of amides is 1. The topological polar surface area (TPSA) is 79.0 Å². The van der Waals surface area contributed by atoms with Crippen molar-refractivity contribution >= 4 is 21.6 Å². The van der Waals surface area contributed by atoms with Crippen molar-refractivity contribution in [3.8, 4) is 5.75 Å². The quantitative estimate of drug-likeness (QED) is 0.640. The Morgan fingerprint density at radius 2 is 1.59 bits per heavy atom. The summed E-state index contributed by atoms with van der Waals surface area (Å²) in [6.45, 7) is 3.88. The SMILES string of the molecule is Cc1ccc(OCCN(C)CCC(=O)Nc2ccc(S(=O)(=O)N(C)C)cc2)cc1. The molecule has 0 aromatic heterocycles. The molecule has 0 radical (unpaired) electrons. The molecule has 0 aliphatic carbocycles. The summed E-state index contributed by atoms with van der Waals surface area (Å²) < 4.78 is 31.0. The van der Waals surface area contributed by atoms with Gasteiger partial charge in [-0.15, -0.1) is 0 Å². The van der Waals surface area contributed by atoms with Crippen molar-refractivity contribution in [3.05, 3.63) is 54.1 Å². The number of hydrogen-bond acceptors (Lipinski definition) is 5. The minimum atomic E-state index is -3.47. The molecule has 158 valence electrons. The largest absolute Gasteiger partial charge is 0.492 e. The maximum Gasteiger partial charge on any atom is 0.242 e. The van der Waals surface area contributed by atoms with Crippen molar-refractivity contribution in [1.82, 2.24) is 9.21 Å². The molecular formula is C21H29N3O4S. The first-order valence-electron chi connectivity index (χ1n) is 9.39. The third-order valence-corrected chi connectivity index (χ3v) is 6.23. The molecule has 0 fully saturated rings. The molecule has 0 aliphatic rings. The van der Waals surface area contributed by atoms with Gasteiger partial charge in [0.25, 0.3) is 0 Å². The molecular weight excluding hydrogens is 390 g/mol. The Morgan fingerprint density at radius 1 is 0.966 bits per heavy atom. The average Bonchev–Trinajstić information content (AvgIpc) is 2.68. The molecule has 8 heteroatoms. The van der Waals surface area contributed by atoms with E-state index in [4.69, 9.17) is 4.74 Å². The summed E-state index contributed by atoms with van der Waals surface area (Å²) in [5.41, 5.74) is 1.76. The molecule has 29 heavy (non-hydrogen) atoms. The minimum absolute atomic E-state index is 0.125. The predicted molar refractivity (Wildman–Crippen MR) is 115 cm³/mol. The summed E-state index contributed by atoms with van der Waals surface area (Å²) in [7, 11) is 1.42. The normalized spacial score (nSPS) is 11.7. The number of rotatable bonds is 10. The number of hydrogen-bond donors (Lipinski definition) is 1. The monoisotopic (exact) mass is 419 g/mol. The van der Waals surface area contributed by atoms with Gasteiger partial charge in [0, 0.05) is 39.3 Å². The summed E-state index contributed by atoms with van der Waals surface area (Å²) in [5.74, 6) is 0.709. The third kappa shape index (κ3) is 7.16. The molecule has 0 saturated carbocycles. The van der Waals surface area contributed by atoms with Gasteiger partial charge in [-0.3, -0.25) is 4.79 Å². The fraction of sp³-hybridized carbons (Fsp3) is 0.381. The van der Waals surface area contributed by atoms with Gasteiger partial charge in [0.05, 0.1) is 4.90 Å². The molecule has 1 N–H and O–H groups in total. The minimum Gasteiger partial charge on any atom is -0.492 e. The molecule has 0 bridgehead atoms.